The number of aryl methyl sites for hydroxylation is 1. The summed E-state index contributed by atoms with van der Waals surface area (Å²) in [5.41, 5.74) is 3.08. The fourth-order valence-electron chi connectivity index (χ4n) is 3.49. The SMILES string of the molecule is Cn1cc(-c2cc(Oc3ccc4c(c3)C(=O)N(Cc3ccc(Cl)cc3)CO4)ccn2)cn1. The average molecular weight is 447 g/mol. The zero-order valence-corrected chi connectivity index (χ0v) is 18.0. The van der Waals surface area contributed by atoms with Crippen molar-refractivity contribution in [3.8, 4) is 28.5 Å². The number of nitrogens with zero attached hydrogens (tertiary/aromatic N) is 4. The van der Waals surface area contributed by atoms with Crippen molar-refractivity contribution in [3.63, 3.8) is 0 Å². The van der Waals surface area contributed by atoms with Crippen LogP contribution in [0, 0.1) is 0 Å². The number of fused-ring (bicyclic) bond motifs is 1. The molecular formula is C24H19ClN4O3. The lowest BCUT2D eigenvalue weighted by atomic mass is 10.1. The van der Waals surface area contributed by atoms with Gasteiger partial charge in [0.2, 0.25) is 0 Å². The molecule has 0 unspecified atom stereocenters. The molecule has 2 aromatic carbocycles. The van der Waals surface area contributed by atoms with Gasteiger partial charge in [-0.3, -0.25) is 14.5 Å². The molecule has 0 atom stereocenters. The maximum Gasteiger partial charge on any atom is 0.260 e. The van der Waals surface area contributed by atoms with Crippen LogP contribution in [0.15, 0.2) is 73.2 Å². The number of rotatable bonds is 5. The summed E-state index contributed by atoms with van der Waals surface area (Å²) in [6.07, 6.45) is 5.31. The van der Waals surface area contributed by atoms with Crippen LogP contribution in [0.25, 0.3) is 11.3 Å². The average Bonchev–Trinajstić information content (AvgIpc) is 3.24. The first-order valence-electron chi connectivity index (χ1n) is 9.99. The van der Waals surface area contributed by atoms with Crippen LogP contribution in [0.1, 0.15) is 15.9 Å². The Balaban J connectivity index is 1.35. The van der Waals surface area contributed by atoms with Gasteiger partial charge in [0.15, 0.2) is 6.73 Å². The summed E-state index contributed by atoms with van der Waals surface area (Å²) in [4.78, 5) is 19.1. The second-order valence-corrected chi connectivity index (χ2v) is 7.88. The lowest BCUT2D eigenvalue weighted by Gasteiger charge is -2.29. The van der Waals surface area contributed by atoms with Crippen molar-refractivity contribution < 1.29 is 14.3 Å². The van der Waals surface area contributed by atoms with Crippen LogP contribution in [0.4, 0.5) is 0 Å². The van der Waals surface area contributed by atoms with Gasteiger partial charge in [0.05, 0.1) is 17.5 Å². The fraction of sp³-hybridized carbons (Fsp3) is 0.125. The maximum absolute atomic E-state index is 13.1. The molecule has 0 N–H and O–H groups in total. The molecule has 1 aliphatic rings. The van der Waals surface area contributed by atoms with E-state index in [4.69, 9.17) is 21.1 Å². The minimum atomic E-state index is -0.113. The maximum atomic E-state index is 13.1. The van der Waals surface area contributed by atoms with E-state index in [1.165, 1.54) is 0 Å². The van der Waals surface area contributed by atoms with Crippen LogP contribution >= 0.6 is 11.6 Å². The van der Waals surface area contributed by atoms with Crippen LogP contribution < -0.4 is 9.47 Å². The van der Waals surface area contributed by atoms with Gasteiger partial charge in [-0.1, -0.05) is 23.7 Å². The van der Waals surface area contributed by atoms with Gasteiger partial charge in [-0.15, -0.1) is 0 Å². The smallest absolute Gasteiger partial charge is 0.260 e. The number of aromatic nitrogens is 3. The predicted molar refractivity (Wildman–Crippen MR) is 120 cm³/mol. The van der Waals surface area contributed by atoms with Gasteiger partial charge in [-0.05, 0) is 42.0 Å². The number of amides is 1. The quantitative estimate of drug-likeness (QED) is 0.435. The molecule has 1 aliphatic heterocycles. The van der Waals surface area contributed by atoms with Crippen molar-refractivity contribution in [1.29, 1.82) is 0 Å². The standard InChI is InChI=1S/C24H19ClN4O3/c1-28-14-17(12-27-28)22-11-20(8-9-26-22)32-19-6-7-23-21(10-19)24(30)29(15-31-23)13-16-2-4-18(25)5-3-16/h2-12,14H,13,15H2,1H3. The molecule has 160 valence electrons. The Morgan fingerprint density at radius 1 is 1.09 bits per heavy atom. The molecule has 8 heteroatoms. The normalized spacial score (nSPS) is 12.9. The Morgan fingerprint density at radius 2 is 1.91 bits per heavy atom. The van der Waals surface area contributed by atoms with E-state index in [2.05, 4.69) is 10.1 Å². The minimum absolute atomic E-state index is 0.113. The van der Waals surface area contributed by atoms with Gasteiger partial charge < -0.3 is 14.4 Å². The molecular weight excluding hydrogens is 428 g/mol. The molecule has 7 nitrogen and oxygen atoms in total. The van der Waals surface area contributed by atoms with E-state index in [1.807, 2.05) is 31.4 Å². The highest BCUT2D eigenvalue weighted by atomic mass is 35.5. The molecule has 4 aromatic rings. The van der Waals surface area contributed by atoms with Gasteiger partial charge in [0.1, 0.15) is 17.2 Å². The Labute approximate surface area is 189 Å². The first-order chi connectivity index (χ1) is 15.5. The topological polar surface area (TPSA) is 69.5 Å². The summed E-state index contributed by atoms with van der Waals surface area (Å²) in [6, 6.07) is 16.3. The first-order valence-corrected chi connectivity index (χ1v) is 10.4. The van der Waals surface area contributed by atoms with Crippen LogP contribution in [0.3, 0.4) is 0 Å². The summed E-state index contributed by atoms with van der Waals surface area (Å²) < 4.78 is 13.5. The van der Waals surface area contributed by atoms with Crippen molar-refractivity contribution in [3.05, 3.63) is 89.3 Å². The Hall–Kier alpha value is -3.84. The van der Waals surface area contributed by atoms with Crippen LogP contribution in [-0.2, 0) is 13.6 Å². The number of carbonyl (C=O) groups is 1. The number of ether oxygens (including phenoxy) is 2. The minimum Gasteiger partial charge on any atom is -0.472 e. The lowest BCUT2D eigenvalue weighted by molar-refractivity contribution is 0.0498. The molecule has 3 heterocycles. The van der Waals surface area contributed by atoms with E-state index in [-0.39, 0.29) is 12.6 Å². The zero-order chi connectivity index (χ0) is 22.1. The summed E-state index contributed by atoms with van der Waals surface area (Å²) in [5, 5.41) is 4.84. The third-order valence-corrected chi connectivity index (χ3v) is 5.35. The highest BCUT2D eigenvalue weighted by Crippen LogP contribution is 2.32. The van der Waals surface area contributed by atoms with E-state index < -0.39 is 0 Å². The summed E-state index contributed by atoms with van der Waals surface area (Å²) >= 11 is 5.95. The number of carbonyl (C=O) groups excluding carboxylic acids is 1. The van der Waals surface area contributed by atoms with Crippen molar-refractivity contribution >= 4 is 17.5 Å². The number of hydrogen-bond donors (Lipinski definition) is 0. The van der Waals surface area contributed by atoms with E-state index in [9.17, 15) is 4.79 Å². The van der Waals surface area contributed by atoms with Gasteiger partial charge in [0.25, 0.3) is 5.91 Å². The molecule has 0 spiro atoms. The predicted octanol–water partition coefficient (Wildman–Crippen LogP) is 4.92. The molecule has 5 rings (SSSR count). The van der Waals surface area contributed by atoms with Gasteiger partial charge in [-0.25, -0.2) is 0 Å². The molecule has 0 bridgehead atoms. The highest BCUT2D eigenvalue weighted by molar-refractivity contribution is 6.30. The largest absolute Gasteiger partial charge is 0.472 e. The molecule has 0 aliphatic carbocycles. The van der Waals surface area contributed by atoms with E-state index in [1.54, 1.807) is 58.4 Å². The number of benzene rings is 2. The van der Waals surface area contributed by atoms with Gasteiger partial charge in [0, 0.05) is 42.6 Å². The fourth-order valence-corrected chi connectivity index (χ4v) is 3.62. The van der Waals surface area contributed by atoms with Crippen molar-refractivity contribution in [2.24, 2.45) is 7.05 Å². The second-order valence-electron chi connectivity index (χ2n) is 7.44. The zero-order valence-electron chi connectivity index (χ0n) is 17.2. The van der Waals surface area contributed by atoms with Crippen molar-refractivity contribution in [2.45, 2.75) is 6.54 Å². The lowest BCUT2D eigenvalue weighted by Crippen LogP contribution is -2.38. The summed E-state index contributed by atoms with van der Waals surface area (Å²) in [5.74, 6) is 1.58. The van der Waals surface area contributed by atoms with Crippen molar-refractivity contribution in [2.75, 3.05) is 6.73 Å². The van der Waals surface area contributed by atoms with Crippen LogP contribution in [0.2, 0.25) is 5.02 Å². The van der Waals surface area contributed by atoms with Crippen molar-refractivity contribution in [1.82, 2.24) is 19.7 Å². The Kier molecular flexibility index (Phi) is 5.25. The third kappa shape index (κ3) is 4.15. The molecule has 0 saturated carbocycles. The number of pyridine rings is 1. The highest BCUT2D eigenvalue weighted by Gasteiger charge is 2.26. The molecule has 1 amide bonds. The van der Waals surface area contributed by atoms with Gasteiger partial charge >= 0.3 is 0 Å². The Morgan fingerprint density at radius 3 is 2.69 bits per heavy atom. The van der Waals surface area contributed by atoms with Gasteiger partial charge in [-0.2, -0.15) is 5.10 Å². The monoisotopic (exact) mass is 446 g/mol. The number of halogens is 1. The number of hydrogen-bond acceptors (Lipinski definition) is 5. The third-order valence-electron chi connectivity index (χ3n) is 5.10. The first kappa shape index (κ1) is 20.1. The van der Waals surface area contributed by atoms with E-state index in [0.29, 0.717) is 34.4 Å². The molecule has 0 radical (unpaired) electrons. The van der Waals surface area contributed by atoms with Crippen LogP contribution in [0.5, 0.6) is 17.2 Å². The van der Waals surface area contributed by atoms with Crippen LogP contribution in [-0.4, -0.2) is 32.3 Å². The molecule has 0 saturated heterocycles. The molecule has 0 fully saturated rings. The molecule has 32 heavy (non-hydrogen) atoms. The molecule has 2 aromatic heterocycles. The van der Waals surface area contributed by atoms with E-state index in [0.717, 1.165) is 16.8 Å². The summed E-state index contributed by atoms with van der Waals surface area (Å²) in [7, 11) is 1.85. The summed E-state index contributed by atoms with van der Waals surface area (Å²) in [6.45, 7) is 0.618. The second kappa shape index (κ2) is 8.36. The van der Waals surface area contributed by atoms with E-state index >= 15 is 0 Å². The Bertz CT molecular complexity index is 1290.